The number of alkyl halides is 2. The summed E-state index contributed by atoms with van der Waals surface area (Å²) in [7, 11) is 0. The van der Waals surface area contributed by atoms with E-state index in [9.17, 15) is 18.0 Å². The monoisotopic (exact) mass is 541 g/mol. The average molecular weight is 542 g/mol. The Kier molecular flexibility index (Phi) is 7.16. The van der Waals surface area contributed by atoms with E-state index in [1.807, 2.05) is 18.7 Å². The van der Waals surface area contributed by atoms with Crippen LogP contribution >= 0.6 is 15.9 Å². The van der Waals surface area contributed by atoms with E-state index in [2.05, 4.69) is 26.6 Å². The van der Waals surface area contributed by atoms with Crippen LogP contribution in [0.5, 0.6) is 11.5 Å². The summed E-state index contributed by atoms with van der Waals surface area (Å²) in [6.45, 7) is 4.69. The molecular formula is C24H27BrF3N3O3. The molecule has 1 fully saturated rings. The molecule has 2 N–H and O–H groups in total. The SMILES string of the molecule is CC(C)CN(c1cc(F)c(Br)cc1NC(=O)Nc1ccc2c(c1)OCO2)C1CCC(F)(F)CC1. The number of nitrogens with zero attached hydrogens (tertiary/aromatic N) is 1. The largest absolute Gasteiger partial charge is 0.454 e. The summed E-state index contributed by atoms with van der Waals surface area (Å²) in [5.41, 5.74) is 1.34. The quantitative estimate of drug-likeness (QED) is 0.413. The Balaban J connectivity index is 1.58. The zero-order valence-electron chi connectivity index (χ0n) is 19.0. The molecule has 0 unspecified atom stereocenters. The Morgan fingerprint density at radius 2 is 1.85 bits per heavy atom. The van der Waals surface area contributed by atoms with Crippen LogP contribution in [0.25, 0.3) is 0 Å². The molecule has 2 aliphatic rings. The molecule has 6 nitrogen and oxygen atoms in total. The van der Waals surface area contributed by atoms with Crippen LogP contribution in [0.3, 0.4) is 0 Å². The van der Waals surface area contributed by atoms with Crippen LogP contribution in [0.1, 0.15) is 39.5 Å². The van der Waals surface area contributed by atoms with E-state index in [0.717, 1.165) is 0 Å². The second-order valence-electron chi connectivity index (χ2n) is 9.06. The predicted octanol–water partition coefficient (Wildman–Crippen LogP) is 7.00. The van der Waals surface area contributed by atoms with Crippen LogP contribution in [-0.4, -0.2) is 31.3 Å². The van der Waals surface area contributed by atoms with Crippen LogP contribution in [0.4, 0.5) is 35.0 Å². The van der Waals surface area contributed by atoms with Gasteiger partial charge in [0.2, 0.25) is 12.7 Å². The van der Waals surface area contributed by atoms with Gasteiger partial charge in [0.25, 0.3) is 0 Å². The summed E-state index contributed by atoms with van der Waals surface area (Å²) < 4.78 is 53.0. The molecule has 1 aliphatic heterocycles. The van der Waals surface area contributed by atoms with Crippen LogP contribution < -0.4 is 25.0 Å². The van der Waals surface area contributed by atoms with Gasteiger partial charge >= 0.3 is 6.03 Å². The fraction of sp³-hybridized carbons (Fsp3) is 0.458. The van der Waals surface area contributed by atoms with Gasteiger partial charge in [-0.2, -0.15) is 0 Å². The molecule has 2 aromatic rings. The molecule has 0 spiro atoms. The van der Waals surface area contributed by atoms with Crippen LogP contribution in [0, 0.1) is 11.7 Å². The molecule has 1 heterocycles. The number of rotatable bonds is 6. The number of anilines is 3. The molecule has 1 saturated carbocycles. The van der Waals surface area contributed by atoms with E-state index in [4.69, 9.17) is 9.47 Å². The minimum Gasteiger partial charge on any atom is -0.454 e. The molecule has 34 heavy (non-hydrogen) atoms. The summed E-state index contributed by atoms with van der Waals surface area (Å²) >= 11 is 3.19. The first-order chi connectivity index (χ1) is 16.1. The van der Waals surface area contributed by atoms with E-state index < -0.39 is 17.8 Å². The maximum atomic E-state index is 14.6. The van der Waals surface area contributed by atoms with Gasteiger partial charge in [0.1, 0.15) is 5.82 Å². The van der Waals surface area contributed by atoms with Crippen molar-refractivity contribution in [3.8, 4) is 11.5 Å². The summed E-state index contributed by atoms with van der Waals surface area (Å²) in [4.78, 5) is 14.8. The first-order valence-electron chi connectivity index (χ1n) is 11.2. The number of hydrogen-bond acceptors (Lipinski definition) is 4. The lowest BCUT2D eigenvalue weighted by Crippen LogP contribution is -2.43. The van der Waals surface area contributed by atoms with Gasteiger partial charge in [-0.15, -0.1) is 0 Å². The van der Waals surface area contributed by atoms with Crippen molar-refractivity contribution in [1.29, 1.82) is 0 Å². The summed E-state index contributed by atoms with van der Waals surface area (Å²) in [5, 5.41) is 5.53. The molecule has 2 amide bonds. The third-order valence-electron chi connectivity index (χ3n) is 5.92. The zero-order chi connectivity index (χ0) is 24.5. The zero-order valence-corrected chi connectivity index (χ0v) is 20.6. The standard InChI is InChI=1S/C24H27BrF3N3O3/c1-14(2)12-31(16-5-7-24(27,28)8-6-16)20-11-18(26)17(25)10-19(20)30-23(32)29-15-3-4-21-22(9-15)34-13-33-21/h3-4,9-11,14,16H,5-8,12-13H2,1-2H3,(H2,29,30,32). The van der Waals surface area contributed by atoms with Gasteiger partial charge in [-0.3, -0.25) is 0 Å². The number of halogens is 4. The topological polar surface area (TPSA) is 62.8 Å². The smallest absolute Gasteiger partial charge is 0.323 e. The Hall–Kier alpha value is -2.62. The highest BCUT2D eigenvalue weighted by Gasteiger charge is 2.37. The second kappa shape index (κ2) is 9.93. The Morgan fingerprint density at radius 3 is 2.56 bits per heavy atom. The highest BCUT2D eigenvalue weighted by atomic mass is 79.9. The molecule has 0 aromatic heterocycles. The number of carbonyl (C=O) groups excluding carboxylic acids is 1. The molecule has 4 rings (SSSR count). The van der Waals surface area contributed by atoms with Gasteiger partial charge < -0.3 is 25.0 Å². The van der Waals surface area contributed by atoms with Crippen molar-refractivity contribution < 1.29 is 27.4 Å². The van der Waals surface area contributed by atoms with Crippen molar-refractivity contribution in [1.82, 2.24) is 0 Å². The van der Waals surface area contributed by atoms with E-state index in [-0.39, 0.29) is 36.1 Å². The fourth-order valence-electron chi connectivity index (χ4n) is 4.31. The van der Waals surface area contributed by atoms with Gasteiger partial charge in [0.15, 0.2) is 11.5 Å². The van der Waals surface area contributed by atoms with Crippen LogP contribution in [-0.2, 0) is 0 Å². The Bertz CT molecular complexity index is 1060. The summed E-state index contributed by atoms with van der Waals surface area (Å²) in [5.74, 6) is -1.84. The molecule has 10 heteroatoms. The Labute approximate surface area is 204 Å². The van der Waals surface area contributed by atoms with Gasteiger partial charge in [0, 0.05) is 43.2 Å². The van der Waals surface area contributed by atoms with E-state index in [1.54, 1.807) is 18.2 Å². The number of nitrogens with one attached hydrogen (secondary N) is 2. The van der Waals surface area contributed by atoms with Crippen molar-refractivity contribution in [3.63, 3.8) is 0 Å². The maximum absolute atomic E-state index is 14.6. The van der Waals surface area contributed by atoms with Crippen molar-refractivity contribution in [2.45, 2.75) is 51.5 Å². The lowest BCUT2D eigenvalue weighted by molar-refractivity contribution is -0.0382. The number of ether oxygens (including phenoxy) is 2. The highest BCUT2D eigenvalue weighted by Crippen LogP contribution is 2.40. The van der Waals surface area contributed by atoms with E-state index in [1.165, 1.54) is 12.1 Å². The summed E-state index contributed by atoms with van der Waals surface area (Å²) in [6.07, 6.45) is 0.164. The highest BCUT2D eigenvalue weighted by molar-refractivity contribution is 9.10. The van der Waals surface area contributed by atoms with Crippen LogP contribution in [0.2, 0.25) is 0 Å². The number of benzene rings is 2. The molecule has 1 aliphatic carbocycles. The number of fused-ring (bicyclic) bond motifs is 1. The maximum Gasteiger partial charge on any atom is 0.323 e. The van der Waals surface area contributed by atoms with Gasteiger partial charge in [0.05, 0.1) is 15.8 Å². The predicted molar refractivity (Wildman–Crippen MR) is 129 cm³/mol. The molecule has 0 saturated heterocycles. The minimum atomic E-state index is -2.67. The van der Waals surface area contributed by atoms with E-state index >= 15 is 0 Å². The molecule has 184 valence electrons. The first kappa shape index (κ1) is 24.5. The number of urea groups is 1. The molecule has 0 bridgehead atoms. The summed E-state index contributed by atoms with van der Waals surface area (Å²) in [6, 6.07) is 7.15. The van der Waals surface area contributed by atoms with Gasteiger partial charge in [-0.1, -0.05) is 13.8 Å². The number of carbonyl (C=O) groups is 1. The molecule has 2 aromatic carbocycles. The first-order valence-corrected chi connectivity index (χ1v) is 12.0. The second-order valence-corrected chi connectivity index (χ2v) is 9.92. The Morgan fingerprint density at radius 1 is 1.15 bits per heavy atom. The fourth-order valence-corrected chi connectivity index (χ4v) is 4.65. The molecular weight excluding hydrogens is 515 g/mol. The van der Waals surface area contributed by atoms with Crippen molar-refractivity contribution in [2.24, 2.45) is 5.92 Å². The average Bonchev–Trinajstić information content (AvgIpc) is 3.22. The van der Waals surface area contributed by atoms with Gasteiger partial charge in [-0.25, -0.2) is 18.0 Å². The lowest BCUT2D eigenvalue weighted by atomic mass is 9.90. The third-order valence-corrected chi connectivity index (χ3v) is 6.52. The number of amides is 2. The van der Waals surface area contributed by atoms with Crippen molar-refractivity contribution in [3.05, 3.63) is 40.6 Å². The minimum absolute atomic E-state index is 0.122. The van der Waals surface area contributed by atoms with Crippen molar-refractivity contribution >= 4 is 39.0 Å². The van der Waals surface area contributed by atoms with Gasteiger partial charge in [-0.05, 0) is 52.9 Å². The third kappa shape index (κ3) is 5.71. The molecule has 0 radical (unpaired) electrons. The van der Waals surface area contributed by atoms with Crippen LogP contribution in [0.15, 0.2) is 34.8 Å². The van der Waals surface area contributed by atoms with E-state index in [0.29, 0.717) is 47.9 Å². The molecule has 0 atom stereocenters. The lowest BCUT2D eigenvalue weighted by Gasteiger charge is -2.40. The van der Waals surface area contributed by atoms with Crippen molar-refractivity contribution in [2.75, 3.05) is 28.9 Å². The normalized spacial score (nSPS) is 17.0. The number of hydrogen-bond donors (Lipinski definition) is 2.